The Bertz CT molecular complexity index is 361. The van der Waals surface area contributed by atoms with Crippen LogP contribution in [0.3, 0.4) is 0 Å². The molecular weight excluding hydrogens is 206 g/mol. The molecule has 0 aliphatic heterocycles. The van der Waals surface area contributed by atoms with E-state index in [1.807, 2.05) is 30.3 Å². The topological polar surface area (TPSA) is 23.8 Å². The van der Waals surface area contributed by atoms with Gasteiger partial charge in [0.1, 0.15) is 0 Å². The van der Waals surface area contributed by atoms with E-state index in [2.05, 4.69) is 19.6 Å². The molecule has 0 fully saturated rings. The molecule has 1 nitrogen and oxygen atoms in total. The molecule has 0 N–H and O–H groups in total. The predicted molar refractivity (Wildman–Crippen MR) is 63.8 cm³/mol. The highest BCUT2D eigenvalue weighted by Crippen LogP contribution is 2.27. The molecule has 0 saturated heterocycles. The summed E-state index contributed by atoms with van der Waals surface area (Å²) in [5.41, 5.74) is 1.02. The highest BCUT2D eigenvalue weighted by Gasteiger charge is 2.17. The Balaban J connectivity index is 2.88. The van der Waals surface area contributed by atoms with Crippen LogP contribution in [0.1, 0.15) is 24.8 Å². The van der Waals surface area contributed by atoms with Crippen LogP contribution in [0.4, 0.5) is 0 Å². The summed E-state index contributed by atoms with van der Waals surface area (Å²) in [5, 5.41) is 9.83. The highest BCUT2D eigenvalue weighted by molar-refractivity contribution is 6.30. The number of halogens is 1. The number of hydrogen-bond donors (Lipinski definition) is 0. The Labute approximate surface area is 96.0 Å². The molecule has 0 saturated carbocycles. The number of nitrogens with zero attached hydrogens (tertiary/aromatic N) is 1. The van der Waals surface area contributed by atoms with Gasteiger partial charge in [0.25, 0.3) is 0 Å². The van der Waals surface area contributed by atoms with Crippen LogP contribution in [-0.4, -0.2) is 0 Å². The van der Waals surface area contributed by atoms with Crippen LogP contribution in [0.15, 0.2) is 36.9 Å². The monoisotopic (exact) mass is 219 g/mol. The largest absolute Gasteiger partial charge is 0.198 e. The number of benzene rings is 1. The number of rotatable bonds is 4. The molecular formula is C13H14ClN. The fourth-order valence-corrected chi connectivity index (χ4v) is 1.73. The maximum Gasteiger partial charge on any atom is 0.0741 e. The molecule has 0 aliphatic carbocycles. The quantitative estimate of drug-likeness (QED) is 0.698. The van der Waals surface area contributed by atoms with Crippen molar-refractivity contribution < 1.29 is 0 Å². The number of allylic oxidation sites excluding steroid dienone is 1. The van der Waals surface area contributed by atoms with Crippen LogP contribution < -0.4 is 0 Å². The summed E-state index contributed by atoms with van der Waals surface area (Å²) >= 11 is 5.80. The number of nitriles is 1. The maximum absolute atomic E-state index is 9.13. The van der Waals surface area contributed by atoms with Crippen molar-refractivity contribution in [3.63, 3.8) is 0 Å². The Morgan fingerprint density at radius 2 is 2.07 bits per heavy atom. The molecule has 0 radical (unpaired) electrons. The van der Waals surface area contributed by atoms with Crippen LogP contribution in [0.25, 0.3) is 0 Å². The van der Waals surface area contributed by atoms with Crippen LogP contribution in [0, 0.1) is 17.2 Å². The first-order valence-electron chi connectivity index (χ1n) is 4.95. The zero-order chi connectivity index (χ0) is 11.3. The lowest BCUT2D eigenvalue weighted by molar-refractivity contribution is 0.539. The Morgan fingerprint density at radius 1 is 1.47 bits per heavy atom. The van der Waals surface area contributed by atoms with Gasteiger partial charge in [-0.2, -0.15) is 5.26 Å². The molecule has 1 aromatic carbocycles. The molecule has 2 atom stereocenters. The van der Waals surface area contributed by atoms with Crippen molar-refractivity contribution in [3.8, 4) is 6.07 Å². The smallest absolute Gasteiger partial charge is 0.0741 e. The van der Waals surface area contributed by atoms with Crippen molar-refractivity contribution in [1.29, 1.82) is 5.26 Å². The van der Waals surface area contributed by atoms with E-state index in [1.54, 1.807) is 0 Å². The van der Waals surface area contributed by atoms with E-state index in [9.17, 15) is 0 Å². The van der Waals surface area contributed by atoms with Crippen LogP contribution >= 0.6 is 11.6 Å². The van der Waals surface area contributed by atoms with E-state index < -0.39 is 0 Å². The summed E-state index contributed by atoms with van der Waals surface area (Å²) in [5.74, 6) is 0.203. The highest BCUT2D eigenvalue weighted by atomic mass is 35.5. The Kier molecular flexibility index (Phi) is 4.39. The van der Waals surface area contributed by atoms with Gasteiger partial charge < -0.3 is 0 Å². The van der Waals surface area contributed by atoms with Crippen molar-refractivity contribution in [2.24, 2.45) is 5.92 Å². The molecule has 2 heteroatoms. The molecule has 1 aromatic rings. The molecule has 15 heavy (non-hydrogen) atoms. The van der Waals surface area contributed by atoms with Crippen molar-refractivity contribution in [2.45, 2.75) is 19.3 Å². The van der Waals surface area contributed by atoms with Crippen LogP contribution in [0.5, 0.6) is 0 Å². The van der Waals surface area contributed by atoms with Crippen molar-refractivity contribution in [3.05, 3.63) is 47.5 Å². The summed E-state index contributed by atoms with van der Waals surface area (Å²) in [7, 11) is 0. The van der Waals surface area contributed by atoms with E-state index in [4.69, 9.17) is 16.9 Å². The number of hydrogen-bond acceptors (Lipinski definition) is 1. The summed E-state index contributed by atoms with van der Waals surface area (Å²) in [6.07, 6.45) is 2.70. The minimum Gasteiger partial charge on any atom is -0.198 e. The third-order valence-corrected chi connectivity index (χ3v) is 2.73. The van der Waals surface area contributed by atoms with Crippen molar-refractivity contribution in [2.75, 3.05) is 0 Å². The second-order valence-corrected chi connectivity index (χ2v) is 4.10. The lowest BCUT2D eigenvalue weighted by Crippen LogP contribution is -2.06. The molecule has 0 amide bonds. The maximum atomic E-state index is 9.13. The van der Waals surface area contributed by atoms with Gasteiger partial charge in [-0.25, -0.2) is 0 Å². The molecule has 0 aromatic heterocycles. The van der Waals surface area contributed by atoms with Gasteiger partial charge in [0, 0.05) is 5.02 Å². The molecule has 0 bridgehead atoms. The van der Waals surface area contributed by atoms with E-state index >= 15 is 0 Å². The molecule has 1 rings (SSSR count). The molecule has 0 spiro atoms. The summed E-state index contributed by atoms with van der Waals surface area (Å²) in [6, 6.07) is 9.80. The van der Waals surface area contributed by atoms with E-state index in [0.717, 1.165) is 12.0 Å². The minimum absolute atomic E-state index is 0.0831. The van der Waals surface area contributed by atoms with E-state index in [1.165, 1.54) is 0 Å². The zero-order valence-corrected chi connectivity index (χ0v) is 9.54. The van der Waals surface area contributed by atoms with E-state index in [-0.39, 0.29) is 11.8 Å². The Morgan fingerprint density at radius 3 is 2.53 bits per heavy atom. The molecule has 0 heterocycles. The van der Waals surface area contributed by atoms with Gasteiger partial charge in [-0.05, 0) is 30.0 Å². The van der Waals surface area contributed by atoms with Gasteiger partial charge in [-0.1, -0.05) is 36.7 Å². The first-order valence-corrected chi connectivity index (χ1v) is 5.32. The van der Waals surface area contributed by atoms with Gasteiger partial charge >= 0.3 is 0 Å². The summed E-state index contributed by atoms with van der Waals surface area (Å²) in [6.45, 7) is 5.75. The van der Waals surface area contributed by atoms with Crippen LogP contribution in [0.2, 0.25) is 5.02 Å². The fraction of sp³-hybridized carbons (Fsp3) is 0.308. The van der Waals surface area contributed by atoms with E-state index in [0.29, 0.717) is 5.02 Å². The Hall–Kier alpha value is -1.26. The third-order valence-electron chi connectivity index (χ3n) is 2.48. The summed E-state index contributed by atoms with van der Waals surface area (Å²) in [4.78, 5) is 0. The molecule has 78 valence electrons. The zero-order valence-electron chi connectivity index (χ0n) is 8.78. The summed E-state index contributed by atoms with van der Waals surface area (Å²) < 4.78 is 0. The average Bonchev–Trinajstić information content (AvgIpc) is 2.22. The first-order chi connectivity index (χ1) is 7.19. The normalized spacial score (nSPS) is 13.9. The van der Waals surface area contributed by atoms with Gasteiger partial charge in [-0.3, -0.25) is 0 Å². The standard InChI is InChI=1S/C13H14ClN/c1-3-4-10(2)13(9-15)11-5-7-12(14)8-6-11/h3,5-8,10,13H,1,4H2,2H3. The minimum atomic E-state index is -0.0831. The van der Waals surface area contributed by atoms with Gasteiger partial charge in [0.2, 0.25) is 0 Å². The van der Waals surface area contributed by atoms with Gasteiger partial charge in [-0.15, -0.1) is 6.58 Å². The lowest BCUT2D eigenvalue weighted by Gasteiger charge is -2.16. The average molecular weight is 220 g/mol. The third kappa shape index (κ3) is 3.11. The van der Waals surface area contributed by atoms with Crippen molar-refractivity contribution >= 4 is 11.6 Å². The van der Waals surface area contributed by atoms with Gasteiger partial charge in [0.05, 0.1) is 12.0 Å². The van der Waals surface area contributed by atoms with Crippen molar-refractivity contribution in [1.82, 2.24) is 0 Å². The fourth-order valence-electron chi connectivity index (χ4n) is 1.60. The van der Waals surface area contributed by atoms with Crippen LogP contribution in [-0.2, 0) is 0 Å². The predicted octanol–water partition coefficient (Wildman–Crippen LogP) is 4.16. The molecule has 2 unspecified atom stereocenters. The second kappa shape index (κ2) is 5.58. The first kappa shape index (κ1) is 11.8. The van der Waals surface area contributed by atoms with Gasteiger partial charge in [0.15, 0.2) is 0 Å². The molecule has 0 aliphatic rings. The SMILES string of the molecule is C=CCC(C)C(C#N)c1ccc(Cl)cc1. The lowest BCUT2D eigenvalue weighted by atomic mass is 9.86. The second-order valence-electron chi connectivity index (χ2n) is 3.66.